The molecular formula is C25H33Br2NO4. The summed E-state index contributed by atoms with van der Waals surface area (Å²) in [6.07, 6.45) is 2.01. The van der Waals surface area contributed by atoms with E-state index in [-0.39, 0.29) is 13.2 Å². The van der Waals surface area contributed by atoms with E-state index >= 15 is 0 Å². The summed E-state index contributed by atoms with van der Waals surface area (Å²) in [4.78, 5) is 14.7. The number of nitrogens with zero attached hydrogens (tertiary/aromatic N) is 1. The van der Waals surface area contributed by atoms with Crippen LogP contribution in [-0.4, -0.2) is 52.1 Å². The average molecular weight is 571 g/mol. The van der Waals surface area contributed by atoms with Crippen LogP contribution >= 0.6 is 31.9 Å². The minimum absolute atomic E-state index is 0.204. The van der Waals surface area contributed by atoms with Crippen molar-refractivity contribution >= 4 is 38.0 Å². The molecule has 2 unspecified atom stereocenters. The number of carbonyl (C=O) groups excluding carboxylic acids is 1. The van der Waals surface area contributed by atoms with Crippen molar-refractivity contribution in [2.45, 2.75) is 64.1 Å². The normalized spacial score (nSPS) is 13.5. The van der Waals surface area contributed by atoms with Crippen molar-refractivity contribution in [2.24, 2.45) is 0 Å². The van der Waals surface area contributed by atoms with Gasteiger partial charge in [0.05, 0.1) is 25.3 Å². The first-order valence-electron chi connectivity index (χ1n) is 10.8. The van der Waals surface area contributed by atoms with Gasteiger partial charge in [0, 0.05) is 8.95 Å². The smallest absolute Gasteiger partial charge is 0.410 e. The maximum Gasteiger partial charge on any atom is 0.410 e. The predicted octanol–water partition coefficient (Wildman–Crippen LogP) is 5.74. The molecule has 2 N–H and O–H groups in total. The summed E-state index contributed by atoms with van der Waals surface area (Å²) in [5, 5.41) is 20.4. The number of aliphatic hydroxyl groups excluding tert-OH is 2. The summed E-state index contributed by atoms with van der Waals surface area (Å²) in [5.41, 5.74) is 1.56. The summed E-state index contributed by atoms with van der Waals surface area (Å²) < 4.78 is 7.66. The van der Waals surface area contributed by atoms with Crippen LogP contribution < -0.4 is 0 Å². The molecule has 7 heteroatoms. The molecule has 0 spiro atoms. The molecule has 176 valence electrons. The van der Waals surface area contributed by atoms with Gasteiger partial charge in [0.1, 0.15) is 5.60 Å². The maximum atomic E-state index is 13.1. The lowest BCUT2D eigenvalue weighted by molar-refractivity contribution is -0.0140. The molecule has 0 fully saturated rings. The number of hydrogen-bond acceptors (Lipinski definition) is 4. The third-order valence-electron chi connectivity index (χ3n) is 5.17. The van der Waals surface area contributed by atoms with Crippen LogP contribution in [0.5, 0.6) is 0 Å². The standard InChI is InChI=1S/C25H33Br2NO4/c1-25(2,3)32-24(31)28(22(16-29)14-8-18-4-10-20(26)11-5-18)23(17-30)15-9-19-6-12-21(27)13-7-19/h4-7,10-13,22-23,29-30H,8-9,14-17H2,1-3H3. The number of ether oxygens (including phenoxy) is 1. The molecule has 2 aromatic carbocycles. The van der Waals surface area contributed by atoms with Gasteiger partial charge in [-0.25, -0.2) is 4.79 Å². The Morgan fingerprint density at radius 3 is 1.53 bits per heavy atom. The predicted molar refractivity (Wildman–Crippen MR) is 135 cm³/mol. The second-order valence-corrected chi connectivity index (χ2v) is 10.7. The SMILES string of the molecule is CC(C)(C)OC(=O)N(C(CO)CCc1ccc(Br)cc1)C(CO)CCc1ccc(Br)cc1. The van der Waals surface area contributed by atoms with Crippen LogP contribution in [0.15, 0.2) is 57.5 Å². The lowest BCUT2D eigenvalue weighted by Gasteiger charge is -2.38. The lowest BCUT2D eigenvalue weighted by atomic mass is 10.00. The van der Waals surface area contributed by atoms with Crippen molar-refractivity contribution in [3.63, 3.8) is 0 Å². The second-order valence-electron chi connectivity index (χ2n) is 8.89. The highest BCUT2D eigenvalue weighted by Crippen LogP contribution is 2.22. The largest absolute Gasteiger partial charge is 0.444 e. The zero-order valence-corrected chi connectivity index (χ0v) is 22.1. The second kappa shape index (κ2) is 12.7. The number of amides is 1. The van der Waals surface area contributed by atoms with Crippen molar-refractivity contribution in [3.8, 4) is 0 Å². The van der Waals surface area contributed by atoms with E-state index in [0.717, 1.165) is 20.1 Å². The fourth-order valence-electron chi connectivity index (χ4n) is 3.52. The number of rotatable bonds is 10. The minimum Gasteiger partial charge on any atom is -0.444 e. The monoisotopic (exact) mass is 569 g/mol. The molecule has 32 heavy (non-hydrogen) atoms. The molecule has 0 radical (unpaired) electrons. The van der Waals surface area contributed by atoms with Crippen molar-refractivity contribution in [2.75, 3.05) is 13.2 Å². The third-order valence-corrected chi connectivity index (χ3v) is 6.23. The van der Waals surface area contributed by atoms with Gasteiger partial charge in [-0.15, -0.1) is 0 Å². The summed E-state index contributed by atoms with van der Waals surface area (Å²) >= 11 is 6.88. The molecule has 0 saturated heterocycles. The Labute approximate surface area is 208 Å². The van der Waals surface area contributed by atoms with E-state index in [9.17, 15) is 15.0 Å². The van der Waals surface area contributed by atoms with E-state index in [0.29, 0.717) is 25.7 Å². The van der Waals surface area contributed by atoms with Crippen LogP contribution in [0.4, 0.5) is 4.79 Å². The van der Waals surface area contributed by atoms with Gasteiger partial charge in [-0.1, -0.05) is 56.1 Å². The molecule has 0 aromatic heterocycles. The summed E-state index contributed by atoms with van der Waals surface area (Å²) in [5.74, 6) is 0. The Hall–Kier alpha value is -1.41. The van der Waals surface area contributed by atoms with Crippen molar-refractivity contribution < 1.29 is 19.7 Å². The molecule has 0 saturated carbocycles. The first kappa shape index (κ1) is 26.8. The summed E-state index contributed by atoms with van der Waals surface area (Å²) in [6, 6.07) is 15.1. The Bertz CT molecular complexity index is 777. The van der Waals surface area contributed by atoms with Gasteiger partial charge in [-0.2, -0.15) is 0 Å². The van der Waals surface area contributed by atoms with Crippen molar-refractivity contribution in [1.82, 2.24) is 4.90 Å². The minimum atomic E-state index is -0.674. The zero-order valence-electron chi connectivity index (χ0n) is 18.9. The van der Waals surface area contributed by atoms with E-state index in [1.165, 1.54) is 0 Å². The van der Waals surface area contributed by atoms with Gasteiger partial charge in [0.15, 0.2) is 0 Å². The molecule has 0 bridgehead atoms. The van der Waals surface area contributed by atoms with Crippen molar-refractivity contribution in [1.29, 1.82) is 0 Å². The molecule has 1 amide bonds. The Balaban J connectivity index is 2.19. The number of hydrogen-bond donors (Lipinski definition) is 2. The van der Waals surface area contributed by atoms with Crippen LogP contribution in [0.2, 0.25) is 0 Å². The van der Waals surface area contributed by atoms with E-state index in [1.54, 1.807) is 4.90 Å². The van der Waals surface area contributed by atoms with E-state index < -0.39 is 23.8 Å². The van der Waals surface area contributed by atoms with E-state index in [4.69, 9.17) is 4.74 Å². The van der Waals surface area contributed by atoms with Gasteiger partial charge >= 0.3 is 6.09 Å². The zero-order chi connectivity index (χ0) is 23.7. The third kappa shape index (κ3) is 8.85. The molecule has 5 nitrogen and oxygen atoms in total. The molecule has 0 aliphatic rings. The molecule has 2 aromatic rings. The van der Waals surface area contributed by atoms with Gasteiger partial charge in [0.2, 0.25) is 0 Å². The van der Waals surface area contributed by atoms with Crippen molar-refractivity contribution in [3.05, 3.63) is 68.6 Å². The molecule has 0 aliphatic heterocycles. The lowest BCUT2D eigenvalue weighted by Crippen LogP contribution is -2.52. The molecule has 0 aliphatic carbocycles. The van der Waals surface area contributed by atoms with Crippen LogP contribution in [0.1, 0.15) is 44.7 Å². The summed E-state index contributed by atoms with van der Waals surface area (Å²) in [6.45, 7) is 5.03. The number of halogens is 2. The highest BCUT2D eigenvalue weighted by molar-refractivity contribution is 9.10. The summed E-state index contributed by atoms with van der Waals surface area (Å²) in [7, 11) is 0. The first-order chi connectivity index (χ1) is 15.1. The fraction of sp³-hybridized carbons (Fsp3) is 0.480. The topological polar surface area (TPSA) is 70.0 Å². The first-order valence-corrected chi connectivity index (χ1v) is 12.4. The van der Waals surface area contributed by atoms with Gasteiger partial charge in [0.25, 0.3) is 0 Å². The average Bonchev–Trinajstić information content (AvgIpc) is 2.74. The van der Waals surface area contributed by atoms with Crippen LogP contribution in [0.25, 0.3) is 0 Å². The van der Waals surface area contributed by atoms with E-state index in [1.807, 2.05) is 69.3 Å². The van der Waals surface area contributed by atoms with Crippen LogP contribution in [0, 0.1) is 0 Å². The van der Waals surface area contributed by atoms with Gasteiger partial charge in [-0.05, 0) is 81.8 Å². The number of carbonyl (C=O) groups is 1. The number of aryl methyl sites for hydroxylation is 2. The van der Waals surface area contributed by atoms with Crippen LogP contribution in [-0.2, 0) is 17.6 Å². The Morgan fingerprint density at radius 1 is 0.844 bits per heavy atom. The molecular weight excluding hydrogens is 538 g/mol. The van der Waals surface area contributed by atoms with Gasteiger partial charge < -0.3 is 14.9 Å². The van der Waals surface area contributed by atoms with Gasteiger partial charge in [-0.3, -0.25) is 4.90 Å². The number of aliphatic hydroxyl groups is 2. The molecule has 2 atom stereocenters. The van der Waals surface area contributed by atoms with E-state index in [2.05, 4.69) is 31.9 Å². The highest BCUT2D eigenvalue weighted by Gasteiger charge is 2.33. The maximum absolute atomic E-state index is 13.1. The quantitative estimate of drug-likeness (QED) is 0.382. The Kier molecular flexibility index (Phi) is 10.7. The molecule has 2 rings (SSSR count). The Morgan fingerprint density at radius 2 is 1.22 bits per heavy atom. The number of benzene rings is 2. The highest BCUT2D eigenvalue weighted by atomic mass is 79.9. The fourth-order valence-corrected chi connectivity index (χ4v) is 4.04. The molecule has 0 heterocycles. The van der Waals surface area contributed by atoms with Crippen LogP contribution in [0.3, 0.4) is 0 Å².